The Balaban J connectivity index is 1.37. The molecule has 1 aliphatic rings. The molecular weight excluding hydrogens is 415 g/mol. The van der Waals surface area contributed by atoms with Crippen molar-refractivity contribution >= 4 is 16.8 Å². The van der Waals surface area contributed by atoms with Crippen LogP contribution >= 0.6 is 0 Å². The number of benzene rings is 1. The summed E-state index contributed by atoms with van der Waals surface area (Å²) in [5.41, 5.74) is 7.48. The van der Waals surface area contributed by atoms with Gasteiger partial charge in [-0.25, -0.2) is 4.98 Å². The van der Waals surface area contributed by atoms with Gasteiger partial charge in [0, 0.05) is 65.0 Å². The van der Waals surface area contributed by atoms with Crippen molar-refractivity contribution in [1.29, 1.82) is 0 Å². The van der Waals surface area contributed by atoms with Crippen molar-refractivity contribution in [3.63, 3.8) is 0 Å². The minimum atomic E-state index is -0.622. The summed E-state index contributed by atoms with van der Waals surface area (Å²) in [5, 5.41) is 1.27. The van der Waals surface area contributed by atoms with E-state index in [2.05, 4.69) is 52.2 Å². The third kappa shape index (κ3) is 4.13. The van der Waals surface area contributed by atoms with Gasteiger partial charge in [-0.1, -0.05) is 13.0 Å². The molecule has 33 heavy (non-hydrogen) atoms. The van der Waals surface area contributed by atoms with Crippen molar-refractivity contribution in [3.05, 3.63) is 83.2 Å². The second kappa shape index (κ2) is 8.77. The van der Waals surface area contributed by atoms with E-state index in [1.807, 2.05) is 18.0 Å². The molecule has 1 aromatic carbocycles. The predicted molar refractivity (Wildman–Crippen MR) is 128 cm³/mol. The lowest BCUT2D eigenvalue weighted by Gasteiger charge is -2.32. The molecule has 0 spiro atoms. The SMILES string of the molecule is CCc1c(-c2ccnc(C)c2)[nH]c2ccc(C3CCN(C(=O)c4ccnc(F)c4)CC3)cc12. The molecule has 1 saturated heterocycles. The van der Waals surface area contributed by atoms with E-state index in [1.54, 1.807) is 6.07 Å². The Morgan fingerprint density at radius 3 is 2.61 bits per heavy atom. The maximum atomic E-state index is 13.4. The molecule has 4 aromatic rings. The standard InChI is InChI=1S/C27H27FN4O/c1-3-22-23-15-19(4-5-24(23)31-26(22)20-6-10-29-17(2)14-20)18-8-12-32(13-9-18)27(33)21-7-11-30-25(28)16-21/h4-7,10-11,14-16,18,31H,3,8-9,12-13H2,1-2H3. The number of likely N-dealkylation sites (tertiary alicyclic amines) is 1. The third-order valence-electron chi connectivity index (χ3n) is 6.70. The number of halogens is 1. The number of H-pyrrole nitrogens is 1. The molecule has 5 rings (SSSR count). The van der Waals surface area contributed by atoms with Crippen LogP contribution in [0.1, 0.15) is 52.9 Å². The van der Waals surface area contributed by atoms with E-state index >= 15 is 0 Å². The van der Waals surface area contributed by atoms with Gasteiger partial charge in [0.25, 0.3) is 5.91 Å². The minimum absolute atomic E-state index is 0.124. The predicted octanol–water partition coefficient (Wildman–Crippen LogP) is 5.65. The Labute approximate surface area is 192 Å². The van der Waals surface area contributed by atoms with Crippen LogP contribution in [0, 0.1) is 12.9 Å². The summed E-state index contributed by atoms with van der Waals surface area (Å²) in [7, 11) is 0. The second-order valence-corrected chi connectivity index (χ2v) is 8.76. The van der Waals surface area contributed by atoms with Crippen molar-refractivity contribution in [2.75, 3.05) is 13.1 Å². The number of rotatable bonds is 4. The van der Waals surface area contributed by atoms with Gasteiger partial charge in [0.15, 0.2) is 0 Å². The van der Waals surface area contributed by atoms with Crippen LogP contribution in [0.4, 0.5) is 4.39 Å². The Kier molecular flexibility index (Phi) is 5.67. The van der Waals surface area contributed by atoms with Crippen LogP contribution in [0.15, 0.2) is 54.9 Å². The Bertz CT molecular complexity index is 1320. The van der Waals surface area contributed by atoms with Crippen LogP contribution in [0.3, 0.4) is 0 Å². The number of nitrogens with zero attached hydrogens (tertiary/aromatic N) is 3. The molecule has 0 saturated carbocycles. The van der Waals surface area contributed by atoms with E-state index in [0.717, 1.165) is 36.0 Å². The number of aromatic nitrogens is 3. The summed E-state index contributed by atoms with van der Waals surface area (Å²) in [6, 6.07) is 13.7. The van der Waals surface area contributed by atoms with Crippen molar-refractivity contribution in [2.24, 2.45) is 0 Å². The maximum Gasteiger partial charge on any atom is 0.254 e. The quantitative estimate of drug-likeness (QED) is 0.415. The first kappa shape index (κ1) is 21.3. The molecule has 1 amide bonds. The van der Waals surface area contributed by atoms with Crippen LogP contribution in [-0.2, 0) is 6.42 Å². The highest BCUT2D eigenvalue weighted by Crippen LogP contribution is 2.35. The third-order valence-corrected chi connectivity index (χ3v) is 6.70. The number of piperidine rings is 1. The number of hydrogen-bond acceptors (Lipinski definition) is 3. The normalized spacial score (nSPS) is 14.7. The van der Waals surface area contributed by atoms with E-state index in [4.69, 9.17) is 0 Å². The zero-order valence-electron chi connectivity index (χ0n) is 18.9. The van der Waals surface area contributed by atoms with Gasteiger partial charge < -0.3 is 9.88 Å². The molecule has 0 aliphatic carbocycles. The summed E-state index contributed by atoms with van der Waals surface area (Å²) < 4.78 is 13.4. The fourth-order valence-electron chi connectivity index (χ4n) is 4.97. The van der Waals surface area contributed by atoms with Crippen LogP contribution in [0.5, 0.6) is 0 Å². The van der Waals surface area contributed by atoms with E-state index in [9.17, 15) is 9.18 Å². The number of fused-ring (bicyclic) bond motifs is 1. The van der Waals surface area contributed by atoms with Gasteiger partial charge in [0.2, 0.25) is 5.95 Å². The molecule has 1 N–H and O–H groups in total. The lowest BCUT2D eigenvalue weighted by molar-refractivity contribution is 0.0712. The highest BCUT2D eigenvalue weighted by Gasteiger charge is 2.25. The largest absolute Gasteiger partial charge is 0.354 e. The van der Waals surface area contributed by atoms with Gasteiger partial charge in [0.1, 0.15) is 0 Å². The molecule has 0 bridgehead atoms. The van der Waals surface area contributed by atoms with Crippen LogP contribution in [0.2, 0.25) is 0 Å². The first-order chi connectivity index (χ1) is 16.0. The van der Waals surface area contributed by atoms with Gasteiger partial charge in [-0.15, -0.1) is 0 Å². The van der Waals surface area contributed by atoms with Crippen molar-refractivity contribution in [1.82, 2.24) is 19.9 Å². The zero-order valence-corrected chi connectivity index (χ0v) is 18.9. The summed E-state index contributed by atoms with van der Waals surface area (Å²) in [6.45, 7) is 5.54. The highest BCUT2D eigenvalue weighted by molar-refractivity contribution is 5.94. The Morgan fingerprint density at radius 2 is 1.88 bits per heavy atom. The Hall–Kier alpha value is -3.54. The first-order valence-electron chi connectivity index (χ1n) is 11.5. The van der Waals surface area contributed by atoms with Gasteiger partial charge in [0.05, 0.1) is 0 Å². The number of pyridine rings is 2. The molecular formula is C27H27FN4O. The second-order valence-electron chi connectivity index (χ2n) is 8.76. The number of amides is 1. The number of aryl methyl sites for hydroxylation is 2. The molecule has 3 aromatic heterocycles. The smallest absolute Gasteiger partial charge is 0.254 e. The molecule has 6 heteroatoms. The summed E-state index contributed by atoms with van der Waals surface area (Å²) in [5.74, 6) is -0.344. The molecule has 0 unspecified atom stereocenters. The number of hydrogen-bond donors (Lipinski definition) is 1. The Morgan fingerprint density at radius 1 is 1.09 bits per heavy atom. The van der Waals surface area contributed by atoms with Gasteiger partial charge in [-0.05, 0) is 73.6 Å². The number of carbonyl (C=O) groups is 1. The van der Waals surface area contributed by atoms with E-state index < -0.39 is 5.95 Å². The summed E-state index contributed by atoms with van der Waals surface area (Å²) >= 11 is 0. The lowest BCUT2D eigenvalue weighted by Crippen LogP contribution is -2.38. The summed E-state index contributed by atoms with van der Waals surface area (Å²) in [6.07, 6.45) is 5.93. The molecule has 1 aliphatic heterocycles. The average Bonchev–Trinajstić information content (AvgIpc) is 3.21. The molecule has 5 nitrogen and oxygen atoms in total. The fourth-order valence-corrected chi connectivity index (χ4v) is 4.97. The zero-order chi connectivity index (χ0) is 22.9. The first-order valence-corrected chi connectivity index (χ1v) is 11.5. The number of carbonyl (C=O) groups excluding carboxylic acids is 1. The minimum Gasteiger partial charge on any atom is -0.354 e. The monoisotopic (exact) mass is 442 g/mol. The van der Waals surface area contributed by atoms with Crippen LogP contribution in [-0.4, -0.2) is 38.8 Å². The highest BCUT2D eigenvalue weighted by atomic mass is 19.1. The van der Waals surface area contributed by atoms with Crippen LogP contribution in [0.25, 0.3) is 22.2 Å². The lowest BCUT2D eigenvalue weighted by atomic mass is 9.88. The van der Waals surface area contributed by atoms with Crippen molar-refractivity contribution in [3.8, 4) is 11.3 Å². The maximum absolute atomic E-state index is 13.4. The van der Waals surface area contributed by atoms with E-state index in [1.165, 1.54) is 34.5 Å². The van der Waals surface area contributed by atoms with Gasteiger partial charge in [-0.3, -0.25) is 9.78 Å². The number of aromatic amines is 1. The van der Waals surface area contributed by atoms with E-state index in [-0.39, 0.29) is 5.91 Å². The fraction of sp³-hybridized carbons (Fsp3) is 0.296. The van der Waals surface area contributed by atoms with Gasteiger partial charge >= 0.3 is 0 Å². The molecule has 0 radical (unpaired) electrons. The molecule has 4 heterocycles. The van der Waals surface area contributed by atoms with Crippen molar-refractivity contribution in [2.45, 2.75) is 39.0 Å². The number of nitrogens with one attached hydrogen (secondary N) is 1. The van der Waals surface area contributed by atoms with Crippen LogP contribution < -0.4 is 0 Å². The summed E-state index contributed by atoms with van der Waals surface area (Å²) in [4.78, 5) is 26.0. The van der Waals surface area contributed by atoms with E-state index in [0.29, 0.717) is 24.6 Å². The topological polar surface area (TPSA) is 61.9 Å². The van der Waals surface area contributed by atoms with Crippen molar-refractivity contribution < 1.29 is 9.18 Å². The molecule has 0 atom stereocenters. The molecule has 1 fully saturated rings. The van der Waals surface area contributed by atoms with Gasteiger partial charge in [-0.2, -0.15) is 4.39 Å². The molecule has 168 valence electrons. The average molecular weight is 443 g/mol.